The van der Waals surface area contributed by atoms with Crippen molar-refractivity contribution in [3.63, 3.8) is 0 Å². The summed E-state index contributed by atoms with van der Waals surface area (Å²) in [6, 6.07) is 14.5. The minimum absolute atomic E-state index is 0.00378. The number of aromatic nitrogens is 1. The van der Waals surface area contributed by atoms with Crippen molar-refractivity contribution in [2.24, 2.45) is 0 Å². The SMILES string of the molecule is Cc1cc(Cl)ccc1N1C(=O)C(=O)/C(=C(/O)c2ccc(OC(C)C)cc2)C1c1ccncc1. The van der Waals surface area contributed by atoms with Crippen LogP contribution in [0.2, 0.25) is 5.02 Å². The van der Waals surface area contributed by atoms with E-state index in [1.165, 1.54) is 4.90 Å². The van der Waals surface area contributed by atoms with Gasteiger partial charge < -0.3 is 9.84 Å². The van der Waals surface area contributed by atoms with E-state index in [4.69, 9.17) is 16.3 Å². The number of pyridine rings is 1. The second-order valence-corrected chi connectivity index (χ2v) is 8.51. The number of hydrogen-bond donors (Lipinski definition) is 1. The maximum Gasteiger partial charge on any atom is 0.300 e. The fraction of sp³-hybridized carbons (Fsp3) is 0.192. The monoisotopic (exact) mass is 462 g/mol. The highest BCUT2D eigenvalue weighted by molar-refractivity contribution is 6.51. The Morgan fingerprint density at radius 2 is 1.73 bits per heavy atom. The lowest BCUT2D eigenvalue weighted by atomic mass is 9.95. The molecule has 33 heavy (non-hydrogen) atoms. The minimum Gasteiger partial charge on any atom is -0.507 e. The molecule has 1 fully saturated rings. The van der Waals surface area contributed by atoms with Crippen molar-refractivity contribution in [3.05, 3.63) is 94.3 Å². The van der Waals surface area contributed by atoms with Crippen LogP contribution in [0.4, 0.5) is 5.69 Å². The first-order valence-corrected chi connectivity index (χ1v) is 10.9. The Hall–Kier alpha value is -3.64. The summed E-state index contributed by atoms with van der Waals surface area (Å²) in [6.45, 7) is 5.66. The fourth-order valence-electron chi connectivity index (χ4n) is 3.95. The number of benzene rings is 2. The molecule has 1 aliphatic heterocycles. The lowest BCUT2D eigenvalue weighted by molar-refractivity contribution is -0.132. The number of carbonyl (C=O) groups excluding carboxylic acids is 2. The normalized spacial score (nSPS) is 17.6. The molecule has 0 spiro atoms. The molecule has 1 atom stereocenters. The van der Waals surface area contributed by atoms with Crippen molar-refractivity contribution in [3.8, 4) is 5.75 Å². The molecule has 1 aromatic heterocycles. The molecule has 4 rings (SSSR count). The van der Waals surface area contributed by atoms with Crippen LogP contribution < -0.4 is 9.64 Å². The van der Waals surface area contributed by atoms with Gasteiger partial charge in [-0.1, -0.05) is 11.6 Å². The highest BCUT2D eigenvalue weighted by atomic mass is 35.5. The van der Waals surface area contributed by atoms with Crippen LogP contribution in [0.3, 0.4) is 0 Å². The summed E-state index contributed by atoms with van der Waals surface area (Å²) in [6.07, 6.45) is 3.17. The predicted octanol–water partition coefficient (Wildman–Crippen LogP) is 5.46. The molecular weight excluding hydrogens is 440 g/mol. The molecule has 3 aromatic rings. The van der Waals surface area contributed by atoms with Gasteiger partial charge in [0.1, 0.15) is 11.5 Å². The molecule has 0 radical (unpaired) electrons. The number of anilines is 1. The van der Waals surface area contributed by atoms with Gasteiger partial charge in [-0.2, -0.15) is 0 Å². The number of hydrogen-bond acceptors (Lipinski definition) is 5. The van der Waals surface area contributed by atoms with E-state index < -0.39 is 17.7 Å². The third-order valence-electron chi connectivity index (χ3n) is 5.38. The largest absolute Gasteiger partial charge is 0.507 e. The van der Waals surface area contributed by atoms with E-state index in [1.54, 1.807) is 67.0 Å². The predicted molar refractivity (Wildman–Crippen MR) is 127 cm³/mol. The third kappa shape index (κ3) is 4.34. The van der Waals surface area contributed by atoms with Gasteiger partial charge >= 0.3 is 0 Å². The van der Waals surface area contributed by atoms with E-state index in [-0.39, 0.29) is 17.4 Å². The Kier molecular flexibility index (Phi) is 6.20. The number of halogens is 1. The zero-order valence-corrected chi connectivity index (χ0v) is 19.2. The minimum atomic E-state index is -0.820. The lowest BCUT2D eigenvalue weighted by Crippen LogP contribution is -2.30. The molecule has 1 amide bonds. The average molecular weight is 463 g/mol. The van der Waals surface area contributed by atoms with E-state index in [2.05, 4.69) is 4.98 Å². The van der Waals surface area contributed by atoms with Crippen LogP contribution in [0, 0.1) is 6.92 Å². The van der Waals surface area contributed by atoms with Crippen LogP contribution in [0.25, 0.3) is 5.76 Å². The van der Waals surface area contributed by atoms with E-state index in [9.17, 15) is 14.7 Å². The molecular formula is C26H23ClN2O4. The molecule has 2 aromatic carbocycles. The lowest BCUT2D eigenvalue weighted by Gasteiger charge is -2.26. The van der Waals surface area contributed by atoms with E-state index in [1.807, 2.05) is 20.8 Å². The number of ketones is 1. The van der Waals surface area contributed by atoms with Crippen LogP contribution >= 0.6 is 11.6 Å². The van der Waals surface area contributed by atoms with Crippen LogP contribution in [0.15, 0.2) is 72.6 Å². The van der Waals surface area contributed by atoms with Crippen LogP contribution in [-0.4, -0.2) is 27.9 Å². The maximum absolute atomic E-state index is 13.2. The molecule has 1 aliphatic rings. The number of aliphatic hydroxyl groups excluding tert-OH is 1. The van der Waals surface area contributed by atoms with Crippen molar-refractivity contribution in [1.29, 1.82) is 0 Å². The number of rotatable bonds is 5. The molecule has 0 bridgehead atoms. The van der Waals surface area contributed by atoms with Crippen molar-refractivity contribution in [2.45, 2.75) is 32.9 Å². The standard InChI is InChI=1S/C26H23ClN2O4/c1-15(2)33-20-7-4-18(5-8-20)24(30)22-23(17-10-12-28-13-11-17)29(26(32)25(22)31)21-9-6-19(27)14-16(21)3/h4-15,23,30H,1-3H3/b24-22+. The first kappa shape index (κ1) is 22.6. The summed E-state index contributed by atoms with van der Waals surface area (Å²) in [5, 5.41) is 11.7. The van der Waals surface area contributed by atoms with Crippen LogP contribution in [0.5, 0.6) is 5.75 Å². The second-order valence-electron chi connectivity index (χ2n) is 8.07. The number of carbonyl (C=O) groups is 2. The third-order valence-corrected chi connectivity index (χ3v) is 5.62. The number of aryl methyl sites for hydroxylation is 1. The molecule has 1 N–H and O–H groups in total. The Balaban J connectivity index is 1.87. The summed E-state index contributed by atoms with van der Waals surface area (Å²) in [5.74, 6) is -1.08. The molecule has 1 unspecified atom stereocenters. The summed E-state index contributed by atoms with van der Waals surface area (Å²) in [7, 11) is 0. The van der Waals surface area contributed by atoms with Crippen LogP contribution in [-0.2, 0) is 9.59 Å². The van der Waals surface area contributed by atoms with Gasteiger partial charge in [-0.25, -0.2) is 0 Å². The first-order valence-electron chi connectivity index (χ1n) is 10.5. The van der Waals surface area contributed by atoms with E-state index in [0.29, 0.717) is 27.6 Å². The van der Waals surface area contributed by atoms with Crippen molar-refractivity contribution >= 4 is 34.7 Å². The topological polar surface area (TPSA) is 79.7 Å². The Bertz CT molecular complexity index is 1240. The van der Waals surface area contributed by atoms with Gasteiger partial charge in [0, 0.05) is 28.7 Å². The van der Waals surface area contributed by atoms with Gasteiger partial charge in [-0.15, -0.1) is 0 Å². The quantitative estimate of drug-likeness (QED) is 0.309. The Morgan fingerprint density at radius 1 is 1.06 bits per heavy atom. The number of ether oxygens (including phenoxy) is 1. The molecule has 2 heterocycles. The van der Waals surface area contributed by atoms with Gasteiger partial charge in [0.15, 0.2) is 0 Å². The summed E-state index contributed by atoms with van der Waals surface area (Å²) >= 11 is 6.11. The Labute approximate surface area is 197 Å². The van der Waals surface area contributed by atoms with E-state index >= 15 is 0 Å². The summed E-state index contributed by atoms with van der Waals surface area (Å²) < 4.78 is 5.66. The molecule has 6 nitrogen and oxygen atoms in total. The van der Waals surface area contributed by atoms with E-state index in [0.717, 1.165) is 5.56 Å². The molecule has 0 saturated carbocycles. The van der Waals surface area contributed by atoms with Crippen molar-refractivity contribution in [1.82, 2.24) is 4.98 Å². The molecule has 168 valence electrons. The van der Waals surface area contributed by atoms with Gasteiger partial charge in [0.05, 0.1) is 17.7 Å². The second kappa shape index (κ2) is 9.08. The zero-order chi connectivity index (χ0) is 23.7. The molecule has 7 heteroatoms. The van der Waals surface area contributed by atoms with Crippen molar-refractivity contribution in [2.75, 3.05) is 4.90 Å². The Morgan fingerprint density at radius 3 is 2.33 bits per heavy atom. The maximum atomic E-state index is 13.2. The average Bonchev–Trinajstić information content (AvgIpc) is 3.05. The van der Waals surface area contributed by atoms with Gasteiger partial charge in [-0.05, 0) is 86.5 Å². The van der Waals surface area contributed by atoms with Gasteiger partial charge in [0.25, 0.3) is 11.7 Å². The van der Waals surface area contributed by atoms with Crippen molar-refractivity contribution < 1.29 is 19.4 Å². The zero-order valence-electron chi connectivity index (χ0n) is 18.4. The molecule has 0 aliphatic carbocycles. The first-order chi connectivity index (χ1) is 15.8. The van der Waals surface area contributed by atoms with Crippen LogP contribution in [0.1, 0.15) is 36.6 Å². The number of Topliss-reactive ketones (excluding diaryl/α,β-unsaturated/α-hetero) is 1. The number of nitrogens with zero attached hydrogens (tertiary/aromatic N) is 2. The number of aliphatic hydroxyl groups is 1. The molecule has 1 saturated heterocycles. The fourth-order valence-corrected chi connectivity index (χ4v) is 4.18. The summed E-state index contributed by atoms with van der Waals surface area (Å²) in [5.41, 5.74) is 2.36. The number of amides is 1. The van der Waals surface area contributed by atoms with Gasteiger partial charge in [0.2, 0.25) is 0 Å². The van der Waals surface area contributed by atoms with Gasteiger partial charge in [-0.3, -0.25) is 19.5 Å². The smallest absolute Gasteiger partial charge is 0.300 e. The highest BCUT2D eigenvalue weighted by Gasteiger charge is 2.47. The summed E-state index contributed by atoms with van der Waals surface area (Å²) in [4.78, 5) is 31.9. The highest BCUT2D eigenvalue weighted by Crippen LogP contribution is 2.43.